The predicted octanol–water partition coefficient (Wildman–Crippen LogP) is 2.37. The lowest BCUT2D eigenvalue weighted by Crippen LogP contribution is -2.33. The largest absolute Gasteiger partial charge is 0.486 e. The van der Waals surface area contributed by atoms with Crippen LogP contribution in [0, 0.1) is 5.82 Å². The van der Waals surface area contributed by atoms with E-state index >= 15 is 0 Å². The lowest BCUT2D eigenvalue weighted by Gasteiger charge is -2.30. The number of rotatable bonds is 2. The minimum absolute atomic E-state index is 0.208. The molecule has 1 aromatic rings. The van der Waals surface area contributed by atoms with E-state index < -0.39 is 0 Å². The predicted molar refractivity (Wildman–Crippen MR) is 66.6 cm³/mol. The normalized spacial score (nSPS) is 21.0. The molecule has 0 saturated heterocycles. The van der Waals surface area contributed by atoms with Crippen LogP contribution in [-0.2, 0) is 5.41 Å². The highest BCUT2D eigenvalue weighted by molar-refractivity contribution is 5.47. The van der Waals surface area contributed by atoms with Crippen molar-refractivity contribution in [1.29, 1.82) is 0 Å². The summed E-state index contributed by atoms with van der Waals surface area (Å²) < 4.78 is 25.2. The van der Waals surface area contributed by atoms with Crippen LogP contribution in [0.3, 0.4) is 0 Å². The molecule has 3 rings (SSSR count). The van der Waals surface area contributed by atoms with Crippen LogP contribution in [0.2, 0.25) is 0 Å². The quantitative estimate of drug-likeness (QED) is 0.877. The summed E-state index contributed by atoms with van der Waals surface area (Å²) >= 11 is 0. The van der Waals surface area contributed by atoms with Gasteiger partial charge in [0.15, 0.2) is 11.5 Å². The van der Waals surface area contributed by atoms with Crippen molar-refractivity contribution in [3.05, 3.63) is 23.5 Å². The fraction of sp³-hybridized carbons (Fsp3) is 0.571. The molecule has 1 aliphatic carbocycles. The lowest BCUT2D eigenvalue weighted by atomic mass is 9.78. The average Bonchev–Trinajstić information content (AvgIpc) is 2.88. The maximum atomic E-state index is 14.3. The Labute approximate surface area is 106 Å². The van der Waals surface area contributed by atoms with E-state index in [1.54, 1.807) is 6.07 Å². The molecule has 0 atom stereocenters. The molecule has 4 heteroatoms. The summed E-state index contributed by atoms with van der Waals surface area (Å²) in [7, 11) is 0. The van der Waals surface area contributed by atoms with E-state index in [-0.39, 0.29) is 11.2 Å². The number of ether oxygens (including phenoxy) is 2. The van der Waals surface area contributed by atoms with Crippen molar-refractivity contribution in [2.45, 2.75) is 31.1 Å². The molecule has 0 aromatic heterocycles. The standard InChI is InChI=1S/C14H18FNO2/c15-11-8-13-12(17-5-6-18-13)7-10(11)14(9-16)3-1-2-4-14/h7-8H,1-6,9,16H2. The smallest absolute Gasteiger partial charge is 0.164 e. The fourth-order valence-electron chi connectivity index (χ4n) is 3.11. The van der Waals surface area contributed by atoms with Crippen LogP contribution in [0.4, 0.5) is 4.39 Å². The summed E-state index contributed by atoms with van der Waals surface area (Å²) in [5.74, 6) is 0.941. The van der Waals surface area contributed by atoms with Crippen LogP contribution in [0.1, 0.15) is 31.2 Å². The van der Waals surface area contributed by atoms with Crippen LogP contribution >= 0.6 is 0 Å². The zero-order valence-corrected chi connectivity index (χ0v) is 10.4. The third-order valence-corrected chi connectivity index (χ3v) is 4.15. The molecule has 0 amide bonds. The summed E-state index contributed by atoms with van der Waals surface area (Å²) in [6, 6.07) is 3.24. The van der Waals surface area contributed by atoms with Gasteiger partial charge >= 0.3 is 0 Å². The first-order chi connectivity index (χ1) is 8.75. The second-order valence-electron chi connectivity index (χ2n) is 5.17. The van der Waals surface area contributed by atoms with Crippen LogP contribution in [0.5, 0.6) is 11.5 Å². The molecule has 1 saturated carbocycles. The Morgan fingerprint density at radius 3 is 2.33 bits per heavy atom. The van der Waals surface area contributed by atoms with E-state index in [9.17, 15) is 4.39 Å². The first-order valence-electron chi connectivity index (χ1n) is 6.55. The van der Waals surface area contributed by atoms with Gasteiger partial charge in [0.25, 0.3) is 0 Å². The van der Waals surface area contributed by atoms with E-state index in [0.717, 1.165) is 25.7 Å². The van der Waals surface area contributed by atoms with Crippen molar-refractivity contribution in [2.24, 2.45) is 5.73 Å². The fourth-order valence-corrected chi connectivity index (χ4v) is 3.11. The molecule has 2 aliphatic rings. The van der Waals surface area contributed by atoms with Crippen molar-refractivity contribution in [3.63, 3.8) is 0 Å². The summed E-state index contributed by atoms with van der Waals surface area (Å²) in [6.07, 6.45) is 4.15. The molecule has 0 unspecified atom stereocenters. The molecule has 1 aliphatic heterocycles. The summed E-state index contributed by atoms with van der Waals surface area (Å²) in [5, 5.41) is 0. The van der Waals surface area contributed by atoms with Gasteiger partial charge in [0.2, 0.25) is 0 Å². The van der Waals surface area contributed by atoms with E-state index in [0.29, 0.717) is 36.8 Å². The van der Waals surface area contributed by atoms with Crippen molar-refractivity contribution < 1.29 is 13.9 Å². The first kappa shape index (κ1) is 11.8. The van der Waals surface area contributed by atoms with Gasteiger partial charge in [-0.15, -0.1) is 0 Å². The number of hydrogen-bond donors (Lipinski definition) is 1. The van der Waals surface area contributed by atoms with Gasteiger partial charge in [-0.1, -0.05) is 12.8 Å². The molecule has 0 radical (unpaired) electrons. The number of nitrogens with two attached hydrogens (primary N) is 1. The van der Waals surface area contributed by atoms with Crippen LogP contribution in [0.25, 0.3) is 0 Å². The molecular weight excluding hydrogens is 233 g/mol. The Kier molecular flexibility index (Phi) is 2.90. The van der Waals surface area contributed by atoms with Crippen LogP contribution < -0.4 is 15.2 Å². The molecule has 0 spiro atoms. The maximum absolute atomic E-state index is 14.3. The third-order valence-electron chi connectivity index (χ3n) is 4.15. The van der Waals surface area contributed by atoms with Gasteiger partial charge in [0.05, 0.1) is 0 Å². The molecule has 1 aromatic carbocycles. The van der Waals surface area contributed by atoms with Crippen molar-refractivity contribution in [2.75, 3.05) is 19.8 Å². The highest BCUT2D eigenvalue weighted by Gasteiger charge is 2.37. The van der Waals surface area contributed by atoms with Gasteiger partial charge in [0, 0.05) is 18.0 Å². The maximum Gasteiger partial charge on any atom is 0.164 e. The number of hydrogen-bond acceptors (Lipinski definition) is 3. The van der Waals surface area contributed by atoms with E-state index in [1.165, 1.54) is 6.07 Å². The molecular formula is C14H18FNO2. The average molecular weight is 251 g/mol. The van der Waals surface area contributed by atoms with Gasteiger partial charge in [-0.3, -0.25) is 0 Å². The summed E-state index contributed by atoms with van der Waals surface area (Å²) in [4.78, 5) is 0. The van der Waals surface area contributed by atoms with Gasteiger partial charge in [-0.2, -0.15) is 0 Å². The zero-order valence-electron chi connectivity index (χ0n) is 10.4. The van der Waals surface area contributed by atoms with E-state index in [2.05, 4.69) is 0 Å². The Balaban J connectivity index is 2.05. The molecule has 98 valence electrons. The minimum atomic E-state index is -0.216. The van der Waals surface area contributed by atoms with Crippen LogP contribution in [-0.4, -0.2) is 19.8 Å². The second kappa shape index (κ2) is 4.43. The van der Waals surface area contributed by atoms with Crippen molar-refractivity contribution in [3.8, 4) is 11.5 Å². The SMILES string of the molecule is NCC1(c2cc3c(cc2F)OCCO3)CCCC1. The van der Waals surface area contributed by atoms with E-state index in [1.807, 2.05) is 0 Å². The number of benzene rings is 1. The molecule has 18 heavy (non-hydrogen) atoms. The Morgan fingerprint density at radius 1 is 1.11 bits per heavy atom. The van der Waals surface area contributed by atoms with Gasteiger partial charge in [-0.05, 0) is 24.5 Å². The van der Waals surface area contributed by atoms with Gasteiger partial charge < -0.3 is 15.2 Å². The molecule has 1 fully saturated rings. The summed E-state index contributed by atoms with van der Waals surface area (Å²) in [6.45, 7) is 1.49. The molecule has 1 heterocycles. The second-order valence-corrected chi connectivity index (χ2v) is 5.17. The third kappa shape index (κ3) is 1.75. The highest BCUT2D eigenvalue weighted by Crippen LogP contribution is 2.44. The Bertz CT molecular complexity index is 455. The monoisotopic (exact) mass is 251 g/mol. The van der Waals surface area contributed by atoms with E-state index in [4.69, 9.17) is 15.2 Å². The Morgan fingerprint density at radius 2 is 1.72 bits per heavy atom. The van der Waals surface area contributed by atoms with Crippen LogP contribution in [0.15, 0.2) is 12.1 Å². The highest BCUT2D eigenvalue weighted by atomic mass is 19.1. The van der Waals surface area contributed by atoms with Crippen molar-refractivity contribution >= 4 is 0 Å². The van der Waals surface area contributed by atoms with Gasteiger partial charge in [0.1, 0.15) is 19.0 Å². The zero-order chi connectivity index (χ0) is 12.6. The van der Waals surface area contributed by atoms with Gasteiger partial charge in [-0.25, -0.2) is 4.39 Å². The summed E-state index contributed by atoms with van der Waals surface area (Å²) in [5.41, 5.74) is 6.40. The minimum Gasteiger partial charge on any atom is -0.486 e. The molecule has 3 nitrogen and oxygen atoms in total. The first-order valence-corrected chi connectivity index (χ1v) is 6.55. The topological polar surface area (TPSA) is 44.5 Å². The number of halogens is 1. The number of fused-ring (bicyclic) bond motifs is 1. The van der Waals surface area contributed by atoms with Crippen molar-refractivity contribution in [1.82, 2.24) is 0 Å². The Hall–Kier alpha value is -1.29. The molecule has 2 N–H and O–H groups in total. The lowest BCUT2D eigenvalue weighted by molar-refractivity contribution is 0.170. The molecule has 0 bridgehead atoms.